The normalized spacial score (nSPS) is 30.7. The van der Waals surface area contributed by atoms with Crippen LogP contribution >= 0.6 is 20.0 Å². The van der Waals surface area contributed by atoms with E-state index >= 15 is 0 Å². The van der Waals surface area contributed by atoms with E-state index in [1.165, 1.54) is 0 Å². The van der Waals surface area contributed by atoms with Crippen molar-refractivity contribution >= 4 is 36.7 Å². The topological polar surface area (TPSA) is 85.9 Å². The van der Waals surface area contributed by atoms with Gasteiger partial charge in [0.05, 0.1) is 19.8 Å². The number of rotatable bonds is 2. The van der Waals surface area contributed by atoms with Crippen LogP contribution in [0.3, 0.4) is 0 Å². The highest BCUT2D eigenvalue weighted by Crippen LogP contribution is 2.59. The summed E-state index contributed by atoms with van der Waals surface area (Å²) in [5.74, 6) is -0.387. The first-order valence-corrected chi connectivity index (χ1v) is 8.09. The molecule has 3 heterocycles. The maximum absolute atomic E-state index is 12.3. The second-order valence-corrected chi connectivity index (χ2v) is 6.90. The molecule has 0 radical (unpaired) electrons. The highest BCUT2D eigenvalue weighted by Gasteiger charge is 2.55. The van der Waals surface area contributed by atoms with E-state index in [4.69, 9.17) is 25.8 Å². The van der Waals surface area contributed by atoms with Crippen LogP contribution in [0.25, 0.3) is 0 Å². The summed E-state index contributed by atoms with van der Waals surface area (Å²) in [6.07, 6.45) is 0. The Kier molecular flexibility index (Phi) is 3.81. The van der Waals surface area contributed by atoms with Gasteiger partial charge in [-0.2, -0.15) is 0 Å². The maximum Gasteiger partial charge on any atom is 0.474 e. The molecule has 3 saturated heterocycles. The van der Waals surface area contributed by atoms with Crippen LogP contribution in [0.15, 0.2) is 30.3 Å². The fourth-order valence-electron chi connectivity index (χ4n) is 1.96. The van der Waals surface area contributed by atoms with Crippen molar-refractivity contribution in [1.29, 1.82) is 0 Å². The molecule has 0 aromatic heterocycles. The lowest BCUT2D eigenvalue weighted by molar-refractivity contribution is -0.150. The van der Waals surface area contributed by atoms with Crippen molar-refractivity contribution in [2.45, 2.75) is 0 Å². The number of fused-ring (bicyclic) bond motifs is 3. The first-order chi connectivity index (χ1) is 10.0. The second-order valence-electron chi connectivity index (χ2n) is 4.82. The Morgan fingerprint density at radius 1 is 1.14 bits per heavy atom. The van der Waals surface area contributed by atoms with E-state index in [1.807, 2.05) is 30.3 Å². The van der Waals surface area contributed by atoms with E-state index in [9.17, 15) is 9.36 Å². The van der Waals surface area contributed by atoms with Crippen molar-refractivity contribution in [3.8, 4) is 0 Å². The highest BCUT2D eigenvalue weighted by atomic mass is 32.1. The van der Waals surface area contributed by atoms with Gasteiger partial charge in [-0.15, -0.1) is 0 Å². The Bertz CT molecular complexity index is 592. The zero-order chi connectivity index (χ0) is 14.9. The van der Waals surface area contributed by atoms with Crippen LogP contribution in [0.4, 0.5) is 5.69 Å². The summed E-state index contributed by atoms with van der Waals surface area (Å²) in [7, 11) is -3.43. The number of amides is 1. The van der Waals surface area contributed by atoms with E-state index < -0.39 is 13.2 Å². The number of thiocarbonyl (C=S) groups is 1. The molecule has 2 bridgehead atoms. The number of phosphoric acid groups is 1. The largest absolute Gasteiger partial charge is 0.474 e. The number of nitrogens with one attached hydrogen (secondary N) is 2. The quantitative estimate of drug-likeness (QED) is 0.631. The molecule has 1 amide bonds. The summed E-state index contributed by atoms with van der Waals surface area (Å²) in [5, 5.41) is 5.64. The molecule has 0 unspecified atom stereocenters. The SMILES string of the molecule is O=C(NC(=S)Nc1ccccc1)C12COP(=O)(OC1)OC2. The minimum Gasteiger partial charge on any atom is -0.332 e. The molecule has 0 saturated carbocycles. The van der Waals surface area contributed by atoms with Crippen molar-refractivity contribution in [2.24, 2.45) is 5.41 Å². The lowest BCUT2D eigenvalue weighted by Gasteiger charge is -2.42. The molecular weight excluding hydrogens is 315 g/mol. The third-order valence-corrected chi connectivity index (χ3v) is 4.78. The van der Waals surface area contributed by atoms with Crippen molar-refractivity contribution in [1.82, 2.24) is 5.32 Å². The Labute approximate surface area is 126 Å². The molecule has 9 heteroatoms. The minimum atomic E-state index is -3.43. The van der Waals surface area contributed by atoms with Gasteiger partial charge in [0.25, 0.3) is 0 Å². The standard InChI is InChI=1S/C12H13N2O5PS/c15-10(12-6-17-20(16,18-7-12)19-8-12)14-11(21)13-9-4-2-1-3-5-9/h1-5H,6-8H2,(H2,13,14,15,21). The van der Waals surface area contributed by atoms with E-state index in [2.05, 4.69) is 10.6 Å². The maximum atomic E-state index is 12.3. The van der Waals surface area contributed by atoms with Gasteiger partial charge in [-0.25, -0.2) is 4.57 Å². The van der Waals surface area contributed by atoms with Gasteiger partial charge in [0.2, 0.25) is 5.91 Å². The van der Waals surface area contributed by atoms with Crippen LogP contribution in [0.5, 0.6) is 0 Å². The Balaban J connectivity index is 1.61. The summed E-state index contributed by atoms with van der Waals surface area (Å²) in [6.45, 7) is -0.0296. The second kappa shape index (κ2) is 5.47. The molecule has 3 fully saturated rings. The average molecular weight is 328 g/mol. The molecule has 7 nitrogen and oxygen atoms in total. The van der Waals surface area contributed by atoms with Crippen molar-refractivity contribution in [2.75, 3.05) is 25.1 Å². The molecule has 4 rings (SSSR count). The number of carbonyl (C=O) groups is 1. The first-order valence-electron chi connectivity index (χ1n) is 6.23. The molecule has 0 aliphatic carbocycles. The summed E-state index contributed by atoms with van der Waals surface area (Å²) in [5.41, 5.74) is -0.255. The van der Waals surface area contributed by atoms with Crippen molar-refractivity contribution in [3.63, 3.8) is 0 Å². The van der Waals surface area contributed by atoms with Gasteiger partial charge >= 0.3 is 7.82 Å². The number of para-hydroxylation sites is 1. The zero-order valence-electron chi connectivity index (χ0n) is 10.9. The van der Waals surface area contributed by atoms with E-state index in [0.29, 0.717) is 0 Å². The van der Waals surface area contributed by atoms with Crippen LogP contribution in [0.2, 0.25) is 0 Å². The molecule has 1 aromatic carbocycles. The van der Waals surface area contributed by atoms with Crippen LogP contribution in [0, 0.1) is 5.41 Å². The van der Waals surface area contributed by atoms with Crippen molar-refractivity contribution < 1.29 is 22.9 Å². The lowest BCUT2D eigenvalue weighted by atomic mass is 9.90. The predicted molar refractivity (Wildman–Crippen MR) is 78.7 cm³/mol. The third-order valence-electron chi connectivity index (χ3n) is 3.24. The van der Waals surface area contributed by atoms with Gasteiger partial charge in [0.15, 0.2) is 5.11 Å². The first kappa shape index (κ1) is 14.6. The van der Waals surface area contributed by atoms with Gasteiger partial charge in [-0.3, -0.25) is 18.4 Å². The van der Waals surface area contributed by atoms with Gasteiger partial charge in [-0.1, -0.05) is 18.2 Å². The molecule has 2 N–H and O–H groups in total. The summed E-state index contributed by atoms with van der Waals surface area (Å²) < 4.78 is 26.6. The Morgan fingerprint density at radius 2 is 1.71 bits per heavy atom. The average Bonchev–Trinajstić information content (AvgIpc) is 2.49. The molecule has 3 aliphatic heterocycles. The number of benzene rings is 1. The predicted octanol–water partition coefficient (Wildman–Crippen LogP) is 1.67. The van der Waals surface area contributed by atoms with Gasteiger partial charge in [0.1, 0.15) is 5.41 Å². The molecule has 0 atom stereocenters. The summed E-state index contributed by atoms with van der Waals surface area (Å²) in [4.78, 5) is 12.3. The van der Waals surface area contributed by atoms with E-state index in [1.54, 1.807) is 0 Å². The van der Waals surface area contributed by atoms with Gasteiger partial charge in [0, 0.05) is 5.69 Å². The Hall–Kier alpha value is -1.31. The minimum absolute atomic E-state index is 0.00986. The van der Waals surface area contributed by atoms with Crippen LogP contribution in [-0.2, 0) is 22.9 Å². The molecule has 1 aromatic rings. The molecule has 21 heavy (non-hydrogen) atoms. The fourth-order valence-corrected chi connectivity index (χ4v) is 3.61. The van der Waals surface area contributed by atoms with Gasteiger partial charge in [-0.05, 0) is 24.4 Å². The smallest absolute Gasteiger partial charge is 0.332 e. The number of carbonyl (C=O) groups excluding carboxylic acids is 1. The Morgan fingerprint density at radius 3 is 2.29 bits per heavy atom. The van der Waals surface area contributed by atoms with Crippen LogP contribution < -0.4 is 10.6 Å². The molecule has 3 aliphatic rings. The fraction of sp³-hybridized carbons (Fsp3) is 0.333. The zero-order valence-corrected chi connectivity index (χ0v) is 12.6. The molecule has 112 valence electrons. The number of hydrogen-bond donors (Lipinski definition) is 2. The van der Waals surface area contributed by atoms with E-state index in [0.717, 1.165) is 5.69 Å². The lowest BCUT2D eigenvalue weighted by Crippen LogP contribution is -2.56. The number of anilines is 1. The third kappa shape index (κ3) is 3.00. The van der Waals surface area contributed by atoms with E-state index in [-0.39, 0.29) is 30.8 Å². The summed E-state index contributed by atoms with van der Waals surface area (Å²) >= 11 is 5.09. The molecular formula is C12H13N2O5PS. The highest BCUT2D eigenvalue weighted by molar-refractivity contribution is 7.80. The number of phosphoric ester groups is 1. The van der Waals surface area contributed by atoms with Gasteiger partial charge < -0.3 is 10.6 Å². The monoisotopic (exact) mass is 328 g/mol. The van der Waals surface area contributed by atoms with Crippen LogP contribution in [-0.4, -0.2) is 30.8 Å². The van der Waals surface area contributed by atoms with Crippen LogP contribution in [0.1, 0.15) is 0 Å². The molecule has 0 spiro atoms. The number of hydrogen-bond acceptors (Lipinski definition) is 6. The van der Waals surface area contributed by atoms with Crippen molar-refractivity contribution in [3.05, 3.63) is 30.3 Å². The summed E-state index contributed by atoms with van der Waals surface area (Å²) in [6, 6.07) is 9.22.